The molecule has 0 spiro atoms. The molecular weight excluding hydrogens is 476 g/mol. The van der Waals surface area contributed by atoms with Crippen molar-refractivity contribution >= 4 is 28.7 Å². The van der Waals surface area contributed by atoms with Crippen LogP contribution >= 0.6 is 0 Å². The van der Waals surface area contributed by atoms with Crippen LogP contribution in [0.2, 0.25) is 0 Å². The molecule has 38 heavy (non-hydrogen) atoms. The predicted octanol–water partition coefficient (Wildman–Crippen LogP) is 5.70. The average molecular weight is 509 g/mol. The summed E-state index contributed by atoms with van der Waals surface area (Å²) in [5.74, 6) is 0.450. The van der Waals surface area contributed by atoms with E-state index >= 15 is 0 Å². The zero-order chi connectivity index (χ0) is 26.5. The molecule has 1 unspecified atom stereocenters. The van der Waals surface area contributed by atoms with Crippen molar-refractivity contribution < 1.29 is 9.59 Å². The lowest BCUT2D eigenvalue weighted by Gasteiger charge is -2.23. The molecule has 1 aliphatic rings. The first kappa shape index (κ1) is 25.4. The number of carbonyl (C=O) groups is 2. The van der Waals surface area contributed by atoms with Crippen LogP contribution < -0.4 is 5.32 Å². The van der Waals surface area contributed by atoms with Crippen LogP contribution in [0, 0.1) is 17.2 Å². The largest absolute Gasteiger partial charge is 0.337 e. The van der Waals surface area contributed by atoms with Crippen LogP contribution in [0.25, 0.3) is 11.0 Å². The van der Waals surface area contributed by atoms with E-state index in [1.165, 1.54) is 6.42 Å². The van der Waals surface area contributed by atoms with Crippen LogP contribution in [0.5, 0.6) is 0 Å². The number of aromatic nitrogens is 4. The molecule has 1 amide bonds. The summed E-state index contributed by atoms with van der Waals surface area (Å²) >= 11 is 0. The van der Waals surface area contributed by atoms with Gasteiger partial charge in [0.2, 0.25) is 5.95 Å². The Labute approximate surface area is 222 Å². The fourth-order valence-electron chi connectivity index (χ4n) is 5.34. The van der Waals surface area contributed by atoms with Crippen LogP contribution in [0.3, 0.4) is 0 Å². The molecule has 8 nitrogen and oxygen atoms in total. The number of nitriles is 1. The number of imidazole rings is 2. The Bertz CT molecular complexity index is 1460. The summed E-state index contributed by atoms with van der Waals surface area (Å²) in [5.41, 5.74) is 3.57. The van der Waals surface area contributed by atoms with E-state index in [0.29, 0.717) is 29.4 Å². The molecule has 194 valence electrons. The molecule has 0 saturated heterocycles. The summed E-state index contributed by atoms with van der Waals surface area (Å²) in [7, 11) is 0. The highest BCUT2D eigenvalue weighted by atomic mass is 16.2. The number of Topliss-reactive ketones (excluding diaryl/α,β-unsaturated/α-hetero) is 1. The van der Waals surface area contributed by atoms with Crippen molar-refractivity contribution in [2.75, 3.05) is 5.32 Å². The van der Waals surface area contributed by atoms with Crippen molar-refractivity contribution in [3.8, 4) is 6.07 Å². The smallest absolute Gasteiger partial charge is 0.257 e. The minimum Gasteiger partial charge on any atom is -0.337 e. The van der Waals surface area contributed by atoms with E-state index in [9.17, 15) is 9.59 Å². The number of amides is 1. The summed E-state index contributed by atoms with van der Waals surface area (Å²) in [6, 6.07) is 14.6. The molecule has 0 radical (unpaired) electrons. The number of anilines is 1. The van der Waals surface area contributed by atoms with Crippen LogP contribution in [-0.4, -0.2) is 30.8 Å². The molecule has 1 saturated carbocycles. The number of nitrogens with one attached hydrogen (secondary N) is 1. The summed E-state index contributed by atoms with van der Waals surface area (Å²) < 4.78 is 4.04. The zero-order valence-corrected chi connectivity index (χ0v) is 21.6. The van der Waals surface area contributed by atoms with Gasteiger partial charge in [-0.15, -0.1) is 0 Å². The number of aryl methyl sites for hydroxylation is 2. The van der Waals surface area contributed by atoms with E-state index in [1.807, 2.05) is 40.5 Å². The van der Waals surface area contributed by atoms with Gasteiger partial charge in [-0.1, -0.05) is 32.3 Å². The van der Waals surface area contributed by atoms with Gasteiger partial charge in [0.05, 0.1) is 29.0 Å². The predicted molar refractivity (Wildman–Crippen MR) is 146 cm³/mol. The van der Waals surface area contributed by atoms with Gasteiger partial charge in [-0.2, -0.15) is 5.26 Å². The molecule has 0 bridgehead atoms. The lowest BCUT2D eigenvalue weighted by molar-refractivity contribution is -0.124. The number of nitrogens with zero attached hydrogens (tertiary/aromatic N) is 5. The molecule has 1 aliphatic carbocycles. The van der Waals surface area contributed by atoms with Crippen LogP contribution in [0.15, 0.2) is 61.2 Å². The van der Waals surface area contributed by atoms with Gasteiger partial charge < -0.3 is 9.13 Å². The minimum atomic E-state index is -0.290. The van der Waals surface area contributed by atoms with Gasteiger partial charge >= 0.3 is 0 Å². The molecular formula is C30H32N6O2. The SMILES string of the molecule is CC(C(=O)C1CCCCC1)c1ccc2c(c1)nc(NC(=O)c1ccc(C#N)cc1)n2CCCn1ccnc1. The Kier molecular flexibility index (Phi) is 7.64. The molecule has 2 aromatic heterocycles. The number of hydrogen-bond acceptors (Lipinski definition) is 5. The zero-order valence-electron chi connectivity index (χ0n) is 21.6. The maximum absolute atomic E-state index is 13.2. The van der Waals surface area contributed by atoms with E-state index in [-0.39, 0.29) is 17.7 Å². The van der Waals surface area contributed by atoms with Crippen molar-refractivity contribution in [3.63, 3.8) is 0 Å². The van der Waals surface area contributed by atoms with Crippen molar-refractivity contribution in [2.24, 2.45) is 5.92 Å². The molecule has 4 aromatic rings. The first-order valence-electron chi connectivity index (χ1n) is 13.3. The first-order chi connectivity index (χ1) is 18.5. The summed E-state index contributed by atoms with van der Waals surface area (Å²) in [6.45, 7) is 3.43. The number of carbonyl (C=O) groups excluding carboxylic acids is 2. The number of fused-ring (bicyclic) bond motifs is 1. The Morgan fingerprint density at radius 2 is 1.89 bits per heavy atom. The van der Waals surface area contributed by atoms with Crippen molar-refractivity contribution in [1.82, 2.24) is 19.1 Å². The second-order valence-corrected chi connectivity index (χ2v) is 10.1. The molecule has 1 atom stereocenters. The molecule has 2 aromatic carbocycles. The number of rotatable bonds is 9. The van der Waals surface area contributed by atoms with E-state index in [2.05, 4.69) is 16.4 Å². The lowest BCUT2D eigenvalue weighted by atomic mass is 9.80. The second kappa shape index (κ2) is 11.4. The molecule has 0 aliphatic heterocycles. The topological polar surface area (TPSA) is 106 Å². The summed E-state index contributed by atoms with van der Waals surface area (Å²) in [4.78, 5) is 35.1. The van der Waals surface area contributed by atoms with E-state index in [4.69, 9.17) is 10.2 Å². The van der Waals surface area contributed by atoms with Crippen molar-refractivity contribution in [2.45, 2.75) is 64.5 Å². The second-order valence-electron chi connectivity index (χ2n) is 10.1. The summed E-state index contributed by atoms with van der Waals surface area (Å²) in [5, 5.41) is 12.0. The number of benzene rings is 2. The highest BCUT2D eigenvalue weighted by Crippen LogP contribution is 2.32. The molecule has 2 heterocycles. The monoisotopic (exact) mass is 508 g/mol. The Morgan fingerprint density at radius 1 is 1.11 bits per heavy atom. The first-order valence-corrected chi connectivity index (χ1v) is 13.3. The van der Waals surface area contributed by atoms with Crippen LogP contribution in [-0.2, 0) is 17.9 Å². The van der Waals surface area contributed by atoms with Gasteiger partial charge in [-0.25, -0.2) is 9.97 Å². The quantitative estimate of drug-likeness (QED) is 0.312. The van der Waals surface area contributed by atoms with E-state index in [1.54, 1.807) is 36.8 Å². The fourth-order valence-corrected chi connectivity index (χ4v) is 5.34. The maximum atomic E-state index is 13.2. The van der Waals surface area contributed by atoms with Crippen molar-refractivity contribution in [1.29, 1.82) is 5.26 Å². The van der Waals surface area contributed by atoms with Gasteiger partial charge in [0.15, 0.2) is 0 Å². The third kappa shape index (κ3) is 5.52. The normalized spacial score (nSPS) is 14.7. The standard InChI is InChI=1S/C30H32N6O2/c1-21(28(37)23-6-3-2-4-7-23)25-12-13-27-26(18-25)33-30(36(27)16-5-15-35-17-14-32-20-35)34-29(38)24-10-8-22(19-31)9-11-24/h8-14,17-18,20-21,23H,2-7,15-16H2,1H3,(H,33,34,38). The third-order valence-electron chi connectivity index (χ3n) is 7.57. The molecule has 8 heteroatoms. The van der Waals surface area contributed by atoms with Gasteiger partial charge in [0.1, 0.15) is 5.78 Å². The van der Waals surface area contributed by atoms with Gasteiger partial charge in [0.25, 0.3) is 5.91 Å². The molecule has 1 fully saturated rings. The van der Waals surface area contributed by atoms with E-state index < -0.39 is 0 Å². The fraction of sp³-hybridized carbons (Fsp3) is 0.367. The molecule has 5 rings (SSSR count). The molecule has 1 N–H and O–H groups in total. The van der Waals surface area contributed by atoms with Crippen LogP contribution in [0.4, 0.5) is 5.95 Å². The summed E-state index contributed by atoms with van der Waals surface area (Å²) in [6.07, 6.45) is 11.8. The highest BCUT2D eigenvalue weighted by Gasteiger charge is 2.27. The van der Waals surface area contributed by atoms with Crippen LogP contribution in [0.1, 0.15) is 72.9 Å². The van der Waals surface area contributed by atoms with Gasteiger partial charge in [-0.05, 0) is 61.2 Å². The highest BCUT2D eigenvalue weighted by molar-refractivity contribution is 6.04. The number of hydrogen-bond donors (Lipinski definition) is 1. The van der Waals surface area contributed by atoms with Gasteiger partial charge in [0, 0.05) is 42.9 Å². The Hall–Kier alpha value is -4.25. The third-order valence-corrected chi connectivity index (χ3v) is 7.57. The maximum Gasteiger partial charge on any atom is 0.257 e. The average Bonchev–Trinajstić information content (AvgIpc) is 3.60. The van der Waals surface area contributed by atoms with E-state index in [0.717, 1.165) is 55.2 Å². The Balaban J connectivity index is 1.41. The number of ketones is 1. The van der Waals surface area contributed by atoms with Gasteiger partial charge in [-0.3, -0.25) is 14.9 Å². The van der Waals surface area contributed by atoms with Crippen molar-refractivity contribution in [3.05, 3.63) is 77.9 Å². The Morgan fingerprint density at radius 3 is 2.61 bits per heavy atom. The lowest BCUT2D eigenvalue weighted by Crippen LogP contribution is -2.22. The minimum absolute atomic E-state index is 0.150.